The number of imide groups is 1. The molecule has 9 heteroatoms. The molecule has 0 aliphatic carbocycles. The molecule has 4 amide bonds. The van der Waals surface area contributed by atoms with Gasteiger partial charge in [-0.25, -0.2) is 9.78 Å². The summed E-state index contributed by atoms with van der Waals surface area (Å²) in [5, 5.41) is 10.3. The van der Waals surface area contributed by atoms with Crippen LogP contribution in [0.3, 0.4) is 0 Å². The normalized spacial score (nSPS) is 16.6. The standard InChI is InChI=1S/C15H18N6O3/c1-8-10-5-9(6-16-12(10)20(4)19-8)17-11(22)7-21-13(23)15(2,3)18-14(21)24/h5-6H,7H2,1-4H3,(H,17,22)(H,18,24). The Hall–Kier alpha value is -2.97. The number of rotatable bonds is 3. The lowest BCUT2D eigenvalue weighted by molar-refractivity contribution is -0.132. The number of nitrogens with zero attached hydrogens (tertiary/aromatic N) is 4. The molecule has 1 aliphatic heterocycles. The molecule has 3 rings (SSSR count). The maximum absolute atomic E-state index is 12.2. The number of hydrogen-bond acceptors (Lipinski definition) is 5. The van der Waals surface area contributed by atoms with Gasteiger partial charge in [0.2, 0.25) is 5.91 Å². The molecule has 9 nitrogen and oxygen atoms in total. The molecule has 0 unspecified atom stereocenters. The first-order valence-corrected chi connectivity index (χ1v) is 7.42. The quantitative estimate of drug-likeness (QED) is 0.799. The van der Waals surface area contributed by atoms with Crippen molar-refractivity contribution in [3.63, 3.8) is 0 Å². The Kier molecular flexibility index (Phi) is 3.51. The highest BCUT2D eigenvalue weighted by Gasteiger charge is 2.44. The molecule has 1 aliphatic rings. The third-order valence-electron chi connectivity index (χ3n) is 3.89. The Morgan fingerprint density at radius 2 is 2.08 bits per heavy atom. The van der Waals surface area contributed by atoms with Crippen molar-refractivity contribution in [2.24, 2.45) is 7.05 Å². The molecule has 1 saturated heterocycles. The van der Waals surface area contributed by atoms with E-state index in [-0.39, 0.29) is 6.54 Å². The van der Waals surface area contributed by atoms with E-state index in [2.05, 4.69) is 20.7 Å². The summed E-state index contributed by atoms with van der Waals surface area (Å²) >= 11 is 0. The number of aryl methyl sites for hydroxylation is 2. The minimum Gasteiger partial charge on any atom is -0.324 e. The van der Waals surface area contributed by atoms with Gasteiger partial charge in [0, 0.05) is 12.4 Å². The second-order valence-corrected chi connectivity index (χ2v) is 6.30. The van der Waals surface area contributed by atoms with Crippen LogP contribution < -0.4 is 10.6 Å². The average molecular weight is 330 g/mol. The van der Waals surface area contributed by atoms with Crippen molar-refractivity contribution in [1.82, 2.24) is 25.0 Å². The summed E-state index contributed by atoms with van der Waals surface area (Å²) in [6.07, 6.45) is 1.51. The Labute approximate surface area is 138 Å². The van der Waals surface area contributed by atoms with Crippen molar-refractivity contribution >= 4 is 34.6 Å². The van der Waals surface area contributed by atoms with Crippen molar-refractivity contribution in [1.29, 1.82) is 0 Å². The number of nitrogens with one attached hydrogen (secondary N) is 2. The van der Waals surface area contributed by atoms with Crippen LogP contribution in [-0.2, 0) is 16.6 Å². The zero-order valence-electron chi connectivity index (χ0n) is 13.9. The van der Waals surface area contributed by atoms with Crippen molar-refractivity contribution in [3.05, 3.63) is 18.0 Å². The van der Waals surface area contributed by atoms with Crippen LogP contribution in [0, 0.1) is 6.92 Å². The van der Waals surface area contributed by atoms with Crippen LogP contribution in [0.1, 0.15) is 19.5 Å². The molecule has 126 valence electrons. The summed E-state index contributed by atoms with van der Waals surface area (Å²) in [6, 6.07) is 1.19. The van der Waals surface area contributed by atoms with E-state index in [1.165, 1.54) is 6.20 Å². The number of pyridine rings is 1. The predicted molar refractivity (Wildman–Crippen MR) is 86.2 cm³/mol. The number of fused-ring (bicyclic) bond motifs is 1. The summed E-state index contributed by atoms with van der Waals surface area (Å²) in [4.78, 5) is 41.2. The average Bonchev–Trinajstić information content (AvgIpc) is 2.87. The fourth-order valence-electron chi connectivity index (χ4n) is 2.68. The molecule has 0 saturated carbocycles. The van der Waals surface area contributed by atoms with Gasteiger partial charge in [0.15, 0.2) is 5.65 Å². The predicted octanol–water partition coefficient (Wildman–Crippen LogP) is 0.546. The molecule has 1 fully saturated rings. The van der Waals surface area contributed by atoms with Crippen LogP contribution in [0.2, 0.25) is 0 Å². The van der Waals surface area contributed by atoms with Gasteiger partial charge in [-0.15, -0.1) is 0 Å². The first kappa shape index (κ1) is 15.9. The minimum atomic E-state index is -0.995. The number of carbonyl (C=O) groups is 3. The zero-order chi connectivity index (χ0) is 17.6. The topological polar surface area (TPSA) is 109 Å². The van der Waals surface area contributed by atoms with E-state index in [1.54, 1.807) is 31.6 Å². The van der Waals surface area contributed by atoms with Crippen molar-refractivity contribution in [2.75, 3.05) is 11.9 Å². The van der Waals surface area contributed by atoms with Crippen LogP contribution in [0.15, 0.2) is 12.3 Å². The monoisotopic (exact) mass is 330 g/mol. The van der Waals surface area contributed by atoms with Gasteiger partial charge in [-0.2, -0.15) is 5.10 Å². The molecular weight excluding hydrogens is 312 g/mol. The number of urea groups is 1. The van der Waals surface area contributed by atoms with Crippen LogP contribution in [0.4, 0.5) is 10.5 Å². The van der Waals surface area contributed by atoms with Crippen LogP contribution >= 0.6 is 0 Å². The lowest BCUT2D eigenvalue weighted by atomic mass is 10.1. The van der Waals surface area contributed by atoms with Crippen molar-refractivity contribution in [3.8, 4) is 0 Å². The number of aromatic nitrogens is 3. The van der Waals surface area contributed by atoms with Gasteiger partial charge in [-0.1, -0.05) is 0 Å². The SMILES string of the molecule is Cc1nn(C)c2ncc(NC(=O)CN3C(=O)NC(C)(C)C3=O)cc12. The largest absolute Gasteiger partial charge is 0.325 e. The third-order valence-corrected chi connectivity index (χ3v) is 3.89. The van der Waals surface area contributed by atoms with Gasteiger partial charge in [0.1, 0.15) is 12.1 Å². The van der Waals surface area contributed by atoms with E-state index in [4.69, 9.17) is 0 Å². The van der Waals surface area contributed by atoms with Crippen LogP contribution in [0.5, 0.6) is 0 Å². The smallest absolute Gasteiger partial charge is 0.324 e. The van der Waals surface area contributed by atoms with E-state index in [0.717, 1.165) is 16.0 Å². The lowest BCUT2D eigenvalue weighted by Gasteiger charge is -2.15. The molecular formula is C15H18N6O3. The summed E-state index contributed by atoms with van der Waals surface area (Å²) < 4.78 is 1.66. The molecule has 0 bridgehead atoms. The molecule has 0 spiro atoms. The zero-order valence-corrected chi connectivity index (χ0v) is 13.9. The molecule has 2 aromatic rings. The second-order valence-electron chi connectivity index (χ2n) is 6.30. The molecule has 0 atom stereocenters. The number of hydrogen-bond donors (Lipinski definition) is 2. The summed E-state index contributed by atoms with van der Waals surface area (Å²) in [5.74, 6) is -0.904. The van der Waals surface area contributed by atoms with Gasteiger partial charge in [-0.05, 0) is 26.8 Å². The molecule has 2 N–H and O–H groups in total. The molecule has 0 radical (unpaired) electrons. The van der Waals surface area contributed by atoms with Gasteiger partial charge in [0.05, 0.1) is 17.6 Å². The highest BCUT2D eigenvalue weighted by atomic mass is 16.2. The van der Waals surface area contributed by atoms with Gasteiger partial charge >= 0.3 is 6.03 Å². The number of amides is 4. The van der Waals surface area contributed by atoms with E-state index in [0.29, 0.717) is 11.3 Å². The molecule has 0 aromatic carbocycles. The summed E-state index contributed by atoms with van der Waals surface area (Å²) in [6.45, 7) is 4.69. The maximum Gasteiger partial charge on any atom is 0.325 e. The minimum absolute atomic E-state index is 0.349. The lowest BCUT2D eigenvalue weighted by Crippen LogP contribution is -2.41. The van der Waals surface area contributed by atoms with E-state index in [9.17, 15) is 14.4 Å². The molecule has 24 heavy (non-hydrogen) atoms. The number of anilines is 1. The van der Waals surface area contributed by atoms with Gasteiger partial charge in [-0.3, -0.25) is 19.2 Å². The first-order chi connectivity index (χ1) is 11.2. The van der Waals surface area contributed by atoms with Crippen LogP contribution in [-0.4, -0.2) is 49.6 Å². The fraction of sp³-hybridized carbons (Fsp3) is 0.400. The van der Waals surface area contributed by atoms with E-state index < -0.39 is 23.4 Å². The van der Waals surface area contributed by atoms with Crippen LogP contribution in [0.25, 0.3) is 11.0 Å². The Morgan fingerprint density at radius 3 is 2.71 bits per heavy atom. The van der Waals surface area contributed by atoms with Gasteiger partial charge in [0.25, 0.3) is 5.91 Å². The highest BCUT2D eigenvalue weighted by Crippen LogP contribution is 2.20. The maximum atomic E-state index is 12.2. The fourth-order valence-corrected chi connectivity index (χ4v) is 2.68. The van der Waals surface area contributed by atoms with Crippen molar-refractivity contribution < 1.29 is 14.4 Å². The Bertz CT molecular complexity index is 869. The summed E-state index contributed by atoms with van der Waals surface area (Å²) in [7, 11) is 1.79. The molecule has 2 aromatic heterocycles. The third kappa shape index (κ3) is 2.57. The molecule has 3 heterocycles. The van der Waals surface area contributed by atoms with E-state index in [1.807, 2.05) is 6.92 Å². The summed E-state index contributed by atoms with van der Waals surface area (Å²) in [5.41, 5.74) is 0.994. The number of carbonyl (C=O) groups excluding carboxylic acids is 3. The Morgan fingerprint density at radius 1 is 1.38 bits per heavy atom. The van der Waals surface area contributed by atoms with Gasteiger partial charge < -0.3 is 10.6 Å². The second kappa shape index (κ2) is 5.29. The first-order valence-electron chi connectivity index (χ1n) is 7.42. The highest BCUT2D eigenvalue weighted by molar-refractivity contribution is 6.09. The van der Waals surface area contributed by atoms with E-state index >= 15 is 0 Å². The van der Waals surface area contributed by atoms with Crippen molar-refractivity contribution in [2.45, 2.75) is 26.3 Å². The Balaban J connectivity index is 1.75.